The van der Waals surface area contributed by atoms with Crippen LogP contribution in [0.4, 0.5) is 0 Å². The quantitative estimate of drug-likeness (QED) is 0.742. The smallest absolute Gasteiger partial charge is 0.0587 e. The van der Waals surface area contributed by atoms with Crippen molar-refractivity contribution in [1.82, 2.24) is 5.32 Å². The molecule has 0 spiro atoms. The van der Waals surface area contributed by atoms with E-state index in [1.807, 2.05) is 18.2 Å². The van der Waals surface area contributed by atoms with E-state index in [0.29, 0.717) is 5.92 Å². The minimum Gasteiger partial charge on any atom is -0.383 e. The molecule has 21 heavy (non-hydrogen) atoms. The zero-order valence-corrected chi connectivity index (χ0v) is 14.6. The third-order valence-corrected chi connectivity index (χ3v) is 5.32. The van der Waals surface area contributed by atoms with E-state index in [4.69, 9.17) is 27.9 Å². The van der Waals surface area contributed by atoms with Gasteiger partial charge in [0.1, 0.15) is 0 Å². The van der Waals surface area contributed by atoms with Crippen LogP contribution in [0.3, 0.4) is 0 Å². The van der Waals surface area contributed by atoms with Crippen molar-refractivity contribution in [3.05, 3.63) is 33.8 Å². The molecule has 0 amide bonds. The Kier molecular flexibility index (Phi) is 5.96. The number of rotatable bonds is 7. The Labute approximate surface area is 138 Å². The summed E-state index contributed by atoms with van der Waals surface area (Å²) in [5.74, 6) is 1.46. The summed E-state index contributed by atoms with van der Waals surface area (Å²) < 4.78 is 5.11. The highest BCUT2D eigenvalue weighted by Gasteiger charge is 2.47. The first kappa shape index (κ1) is 17.1. The third-order valence-electron chi connectivity index (χ3n) is 4.69. The van der Waals surface area contributed by atoms with Crippen LogP contribution in [0, 0.1) is 11.8 Å². The highest BCUT2D eigenvalue weighted by Crippen LogP contribution is 2.53. The largest absolute Gasteiger partial charge is 0.383 e. The van der Waals surface area contributed by atoms with Crippen LogP contribution < -0.4 is 5.32 Å². The molecule has 1 aromatic carbocycles. The Bertz CT molecular complexity index is 450. The Balaban J connectivity index is 2.17. The number of methoxy groups -OCH3 is 1. The van der Waals surface area contributed by atoms with Gasteiger partial charge >= 0.3 is 0 Å². The number of benzene rings is 1. The molecule has 0 radical (unpaired) electrons. The predicted molar refractivity (Wildman–Crippen MR) is 90.4 cm³/mol. The zero-order chi connectivity index (χ0) is 15.5. The molecule has 0 saturated heterocycles. The van der Waals surface area contributed by atoms with Crippen LogP contribution in [-0.4, -0.2) is 26.8 Å². The highest BCUT2D eigenvalue weighted by atomic mass is 35.5. The van der Waals surface area contributed by atoms with Gasteiger partial charge in [-0.2, -0.15) is 0 Å². The summed E-state index contributed by atoms with van der Waals surface area (Å²) in [4.78, 5) is 0. The van der Waals surface area contributed by atoms with E-state index in [9.17, 15) is 0 Å². The van der Waals surface area contributed by atoms with Gasteiger partial charge in [-0.1, -0.05) is 43.1 Å². The Morgan fingerprint density at radius 2 is 1.90 bits per heavy atom. The Morgan fingerprint density at radius 1 is 1.29 bits per heavy atom. The number of halogens is 2. The molecule has 0 aromatic heterocycles. The van der Waals surface area contributed by atoms with Gasteiger partial charge in [-0.15, -0.1) is 0 Å². The maximum Gasteiger partial charge on any atom is 0.0587 e. The zero-order valence-electron chi connectivity index (χ0n) is 13.1. The maximum absolute atomic E-state index is 6.46. The van der Waals surface area contributed by atoms with Gasteiger partial charge in [0, 0.05) is 35.7 Å². The molecule has 1 aromatic rings. The van der Waals surface area contributed by atoms with Crippen LogP contribution in [0.5, 0.6) is 0 Å². The van der Waals surface area contributed by atoms with Gasteiger partial charge in [-0.05, 0) is 42.4 Å². The van der Waals surface area contributed by atoms with E-state index < -0.39 is 0 Å². The Morgan fingerprint density at radius 3 is 2.43 bits per heavy atom. The third kappa shape index (κ3) is 3.73. The van der Waals surface area contributed by atoms with Gasteiger partial charge in [-0.3, -0.25) is 0 Å². The number of hydrogen-bond acceptors (Lipinski definition) is 2. The lowest BCUT2D eigenvalue weighted by atomic mass is 9.55. The molecular weight excluding hydrogens is 305 g/mol. The first-order valence-electron chi connectivity index (χ1n) is 7.64. The molecule has 1 aliphatic rings. The standard InChI is InChI=1S/C17H25Cl2NO/c1-12(2)13-9-17(10-13,11-20-7-8-21-3)16-14(18)5-4-6-15(16)19/h4-6,12-13,20H,7-11H2,1-3H3. The van der Waals surface area contributed by atoms with Crippen molar-refractivity contribution >= 4 is 23.2 Å². The number of ether oxygens (including phenoxy) is 1. The topological polar surface area (TPSA) is 21.3 Å². The van der Waals surface area contributed by atoms with Crippen LogP contribution in [0.15, 0.2) is 18.2 Å². The average Bonchev–Trinajstić information content (AvgIpc) is 2.38. The summed E-state index contributed by atoms with van der Waals surface area (Å²) in [5, 5.41) is 5.08. The molecule has 4 heteroatoms. The molecule has 0 aliphatic heterocycles. The summed E-state index contributed by atoms with van der Waals surface area (Å²) in [5.41, 5.74) is 1.19. The number of hydrogen-bond donors (Lipinski definition) is 1. The van der Waals surface area contributed by atoms with Gasteiger partial charge < -0.3 is 10.1 Å². The van der Waals surface area contributed by atoms with Crippen molar-refractivity contribution < 1.29 is 4.74 Å². The maximum atomic E-state index is 6.46. The normalized spacial score (nSPS) is 25.1. The minimum absolute atomic E-state index is 0.0676. The molecule has 0 heterocycles. The Hall–Kier alpha value is -0.280. The molecule has 0 unspecified atom stereocenters. The van der Waals surface area contributed by atoms with E-state index >= 15 is 0 Å². The lowest BCUT2D eigenvalue weighted by molar-refractivity contribution is 0.0950. The molecule has 1 aliphatic carbocycles. The van der Waals surface area contributed by atoms with Gasteiger partial charge in [0.05, 0.1) is 6.61 Å². The monoisotopic (exact) mass is 329 g/mol. The lowest BCUT2D eigenvalue weighted by Gasteiger charge is -2.51. The molecule has 0 atom stereocenters. The van der Waals surface area contributed by atoms with Crippen molar-refractivity contribution in [1.29, 1.82) is 0 Å². The minimum atomic E-state index is 0.0676. The SMILES string of the molecule is COCCNCC1(c2c(Cl)cccc2Cl)CC(C(C)C)C1. The van der Waals surface area contributed by atoms with Crippen molar-refractivity contribution in [2.24, 2.45) is 11.8 Å². The summed E-state index contributed by atoms with van der Waals surface area (Å²) in [7, 11) is 1.72. The average molecular weight is 330 g/mol. The second-order valence-corrected chi connectivity index (χ2v) is 7.27. The van der Waals surface area contributed by atoms with Crippen molar-refractivity contribution in [3.8, 4) is 0 Å². The summed E-state index contributed by atoms with van der Waals surface area (Å²) in [6.07, 6.45) is 2.29. The van der Waals surface area contributed by atoms with E-state index in [1.54, 1.807) is 7.11 Å². The molecule has 2 rings (SSSR count). The predicted octanol–water partition coefficient (Wildman–Crippen LogP) is 4.53. The molecule has 1 saturated carbocycles. The van der Waals surface area contributed by atoms with E-state index in [1.165, 1.54) is 0 Å². The van der Waals surface area contributed by atoms with Gasteiger partial charge in [0.15, 0.2) is 0 Å². The van der Waals surface area contributed by atoms with Gasteiger partial charge in [0.25, 0.3) is 0 Å². The van der Waals surface area contributed by atoms with Crippen molar-refractivity contribution in [2.45, 2.75) is 32.1 Å². The fraction of sp³-hybridized carbons (Fsp3) is 0.647. The summed E-state index contributed by atoms with van der Waals surface area (Å²) in [6.45, 7) is 7.07. The van der Waals surface area contributed by atoms with E-state index in [0.717, 1.165) is 54.1 Å². The molecule has 118 valence electrons. The fourth-order valence-electron chi connectivity index (χ4n) is 3.36. The summed E-state index contributed by atoms with van der Waals surface area (Å²) >= 11 is 12.9. The van der Waals surface area contributed by atoms with Gasteiger partial charge in [-0.25, -0.2) is 0 Å². The van der Waals surface area contributed by atoms with Crippen LogP contribution in [0.1, 0.15) is 32.3 Å². The first-order chi connectivity index (χ1) is 10.00. The molecule has 1 fully saturated rings. The molecule has 1 N–H and O–H groups in total. The van der Waals surface area contributed by atoms with Crippen LogP contribution in [0.25, 0.3) is 0 Å². The fourth-order valence-corrected chi connectivity index (χ4v) is 4.16. The summed E-state index contributed by atoms with van der Waals surface area (Å²) in [6, 6.07) is 5.81. The van der Waals surface area contributed by atoms with Crippen LogP contribution >= 0.6 is 23.2 Å². The van der Waals surface area contributed by atoms with Crippen molar-refractivity contribution in [3.63, 3.8) is 0 Å². The van der Waals surface area contributed by atoms with Crippen LogP contribution in [0.2, 0.25) is 10.0 Å². The number of nitrogens with one attached hydrogen (secondary N) is 1. The van der Waals surface area contributed by atoms with E-state index in [-0.39, 0.29) is 5.41 Å². The molecule has 2 nitrogen and oxygen atoms in total. The van der Waals surface area contributed by atoms with E-state index in [2.05, 4.69) is 19.2 Å². The lowest BCUT2D eigenvalue weighted by Crippen LogP contribution is -2.50. The second kappa shape index (κ2) is 7.32. The molecular formula is C17H25Cl2NO. The van der Waals surface area contributed by atoms with Crippen LogP contribution in [-0.2, 0) is 10.2 Å². The van der Waals surface area contributed by atoms with Gasteiger partial charge in [0.2, 0.25) is 0 Å². The van der Waals surface area contributed by atoms with Crippen molar-refractivity contribution in [2.75, 3.05) is 26.8 Å². The second-order valence-electron chi connectivity index (χ2n) is 6.46. The first-order valence-corrected chi connectivity index (χ1v) is 8.40. The highest BCUT2D eigenvalue weighted by molar-refractivity contribution is 6.36. The molecule has 0 bridgehead atoms.